The molecule has 2 saturated heterocycles. The first-order chi connectivity index (χ1) is 18.7. The number of amides is 2. The van der Waals surface area contributed by atoms with E-state index in [-0.39, 0.29) is 25.0 Å². The third kappa shape index (κ3) is 8.50. The van der Waals surface area contributed by atoms with Crippen LogP contribution in [0.4, 0.5) is 0 Å². The molecule has 2 unspecified atom stereocenters. The predicted molar refractivity (Wildman–Crippen MR) is 145 cm³/mol. The number of ether oxygens (including phenoxy) is 5. The fourth-order valence-corrected chi connectivity index (χ4v) is 4.67. The quantitative estimate of drug-likeness (QED) is 0.418. The smallest absolute Gasteiger partial charge is 0.329 e. The summed E-state index contributed by atoms with van der Waals surface area (Å²) in [7, 11) is 1.45. The Labute approximate surface area is 236 Å². The number of rotatable bonds is 9. The molecule has 3 rings (SSSR count). The molecule has 1 aromatic carbocycles. The third-order valence-electron chi connectivity index (χ3n) is 6.35. The number of hydrogen-bond acceptors (Lipinski definition) is 9. The number of carbonyl (C=O) groups is 4. The van der Waals surface area contributed by atoms with Crippen molar-refractivity contribution < 1.29 is 42.9 Å². The van der Waals surface area contributed by atoms with E-state index in [4.69, 9.17) is 23.7 Å². The molecular weight excluding hydrogens is 520 g/mol. The summed E-state index contributed by atoms with van der Waals surface area (Å²) in [5.41, 5.74) is -1.27. The van der Waals surface area contributed by atoms with E-state index >= 15 is 0 Å². The Bertz CT molecular complexity index is 1090. The molecule has 2 aliphatic heterocycles. The van der Waals surface area contributed by atoms with Crippen molar-refractivity contribution in [3.63, 3.8) is 0 Å². The highest BCUT2D eigenvalue weighted by Gasteiger charge is 2.38. The molecule has 0 radical (unpaired) electrons. The Morgan fingerprint density at radius 1 is 0.750 bits per heavy atom. The first kappa shape index (κ1) is 31.0. The first-order valence-corrected chi connectivity index (χ1v) is 13.7. The van der Waals surface area contributed by atoms with E-state index in [2.05, 4.69) is 0 Å². The molecule has 0 spiro atoms. The van der Waals surface area contributed by atoms with Crippen LogP contribution >= 0.6 is 0 Å². The van der Waals surface area contributed by atoms with E-state index in [1.165, 1.54) is 16.9 Å². The fraction of sp³-hybridized carbons (Fsp3) is 0.655. The van der Waals surface area contributed by atoms with Gasteiger partial charge in [0.1, 0.15) is 29.0 Å². The standard InChI is InChI=1S/C29H42N2O9/c1-28(2,3)39-26(34)20-10-8-14-30(20)24(32)17-37-19-12-13-22(23(16-19)36-7)38-18-25(33)31-15-9-11-21(31)27(35)40-29(4,5)6/h12-13,16,20-21H,8-11,14-15,17-18H2,1-7H3. The molecule has 2 aliphatic rings. The molecule has 1 aromatic rings. The van der Waals surface area contributed by atoms with Crippen molar-refractivity contribution in [1.82, 2.24) is 9.80 Å². The lowest BCUT2D eigenvalue weighted by Gasteiger charge is -2.27. The van der Waals surface area contributed by atoms with Crippen LogP contribution in [0.25, 0.3) is 0 Å². The summed E-state index contributed by atoms with van der Waals surface area (Å²) in [5.74, 6) is -0.486. The molecule has 0 aromatic heterocycles. The number of nitrogens with zero attached hydrogens (tertiary/aromatic N) is 2. The van der Waals surface area contributed by atoms with Gasteiger partial charge in [-0.15, -0.1) is 0 Å². The summed E-state index contributed by atoms with van der Waals surface area (Å²) in [5, 5.41) is 0. The Balaban J connectivity index is 1.55. The monoisotopic (exact) mass is 562 g/mol. The normalized spacial score (nSPS) is 19.3. The van der Waals surface area contributed by atoms with Gasteiger partial charge in [-0.05, 0) is 79.4 Å². The van der Waals surface area contributed by atoms with Crippen molar-refractivity contribution in [3.8, 4) is 17.2 Å². The van der Waals surface area contributed by atoms with Crippen molar-refractivity contribution in [1.29, 1.82) is 0 Å². The van der Waals surface area contributed by atoms with Crippen LogP contribution in [0.2, 0.25) is 0 Å². The number of hydrogen-bond donors (Lipinski definition) is 0. The molecule has 0 saturated carbocycles. The summed E-state index contributed by atoms with van der Waals surface area (Å²) in [6.07, 6.45) is 2.52. The van der Waals surface area contributed by atoms with Gasteiger partial charge < -0.3 is 33.5 Å². The summed E-state index contributed by atoms with van der Waals surface area (Å²) in [6, 6.07) is 3.49. The second kappa shape index (κ2) is 12.8. The van der Waals surface area contributed by atoms with Gasteiger partial charge in [-0.3, -0.25) is 9.59 Å². The average molecular weight is 563 g/mol. The van der Waals surface area contributed by atoms with Crippen LogP contribution in [0, 0.1) is 0 Å². The SMILES string of the molecule is COc1cc(OCC(=O)N2CCCC2C(=O)OC(C)(C)C)ccc1OCC(=O)N1CCCC1C(=O)OC(C)(C)C. The zero-order valence-electron chi connectivity index (χ0n) is 24.6. The minimum absolute atomic E-state index is 0.262. The maximum atomic E-state index is 12.9. The number of benzene rings is 1. The van der Waals surface area contributed by atoms with E-state index in [9.17, 15) is 19.2 Å². The lowest BCUT2D eigenvalue weighted by atomic mass is 10.1. The van der Waals surface area contributed by atoms with Gasteiger partial charge in [-0.25, -0.2) is 9.59 Å². The minimum atomic E-state index is -0.638. The van der Waals surface area contributed by atoms with Crippen LogP contribution in [0.15, 0.2) is 18.2 Å². The van der Waals surface area contributed by atoms with E-state index in [1.54, 1.807) is 59.7 Å². The zero-order chi connectivity index (χ0) is 29.7. The maximum absolute atomic E-state index is 12.9. The van der Waals surface area contributed by atoms with Gasteiger partial charge in [0, 0.05) is 19.2 Å². The average Bonchev–Trinajstić information content (AvgIpc) is 3.54. The van der Waals surface area contributed by atoms with Crippen LogP contribution in [0.5, 0.6) is 17.2 Å². The molecule has 0 aliphatic carbocycles. The molecule has 11 heteroatoms. The topological polar surface area (TPSA) is 121 Å². The molecule has 2 atom stereocenters. The van der Waals surface area contributed by atoms with Crippen LogP contribution in [-0.4, -0.2) is 90.3 Å². The molecule has 0 bridgehead atoms. The Hall–Kier alpha value is -3.50. The van der Waals surface area contributed by atoms with Gasteiger partial charge in [0.25, 0.3) is 11.8 Å². The largest absolute Gasteiger partial charge is 0.493 e. The fourth-order valence-electron chi connectivity index (χ4n) is 4.67. The number of carbonyl (C=O) groups excluding carboxylic acids is 4. The number of esters is 2. The van der Waals surface area contributed by atoms with Gasteiger partial charge in [-0.1, -0.05) is 0 Å². The van der Waals surface area contributed by atoms with Crippen molar-refractivity contribution in [2.45, 2.75) is 90.5 Å². The van der Waals surface area contributed by atoms with Gasteiger partial charge in [-0.2, -0.15) is 0 Å². The van der Waals surface area contributed by atoms with Crippen LogP contribution in [-0.2, 0) is 28.7 Å². The van der Waals surface area contributed by atoms with Gasteiger partial charge in [0.15, 0.2) is 24.7 Å². The molecule has 2 amide bonds. The van der Waals surface area contributed by atoms with Crippen LogP contribution < -0.4 is 14.2 Å². The molecular formula is C29H42N2O9. The number of likely N-dealkylation sites (tertiary alicyclic amines) is 2. The van der Waals surface area contributed by atoms with Crippen LogP contribution in [0.3, 0.4) is 0 Å². The Morgan fingerprint density at radius 2 is 1.23 bits per heavy atom. The summed E-state index contributed by atoms with van der Waals surface area (Å²) in [6.45, 7) is 11.1. The van der Waals surface area contributed by atoms with Gasteiger partial charge in [0.05, 0.1) is 7.11 Å². The summed E-state index contributed by atoms with van der Waals surface area (Å²) < 4.78 is 27.7. The molecule has 40 heavy (non-hydrogen) atoms. The van der Waals surface area contributed by atoms with E-state index in [0.29, 0.717) is 56.0 Å². The van der Waals surface area contributed by atoms with Crippen molar-refractivity contribution in [2.75, 3.05) is 33.4 Å². The third-order valence-corrected chi connectivity index (χ3v) is 6.35. The lowest BCUT2D eigenvalue weighted by molar-refractivity contribution is -0.164. The summed E-state index contributed by atoms with van der Waals surface area (Å²) >= 11 is 0. The maximum Gasteiger partial charge on any atom is 0.329 e. The molecule has 11 nitrogen and oxygen atoms in total. The second-order valence-corrected chi connectivity index (χ2v) is 11.9. The van der Waals surface area contributed by atoms with Gasteiger partial charge in [0.2, 0.25) is 0 Å². The van der Waals surface area contributed by atoms with Crippen molar-refractivity contribution in [3.05, 3.63) is 18.2 Å². The highest BCUT2D eigenvalue weighted by atomic mass is 16.6. The molecule has 2 fully saturated rings. The number of methoxy groups -OCH3 is 1. The highest BCUT2D eigenvalue weighted by molar-refractivity contribution is 5.87. The first-order valence-electron chi connectivity index (χ1n) is 13.7. The predicted octanol–water partition coefficient (Wildman–Crippen LogP) is 3.12. The lowest BCUT2D eigenvalue weighted by Crippen LogP contribution is -2.45. The minimum Gasteiger partial charge on any atom is -0.493 e. The summed E-state index contributed by atoms with van der Waals surface area (Å²) in [4.78, 5) is 53.8. The van der Waals surface area contributed by atoms with E-state index < -0.39 is 35.2 Å². The Kier molecular flexibility index (Phi) is 9.92. The van der Waals surface area contributed by atoms with Crippen LogP contribution in [0.1, 0.15) is 67.2 Å². The van der Waals surface area contributed by atoms with Gasteiger partial charge >= 0.3 is 11.9 Å². The Morgan fingerprint density at radius 3 is 1.68 bits per heavy atom. The highest BCUT2D eigenvalue weighted by Crippen LogP contribution is 2.32. The van der Waals surface area contributed by atoms with E-state index in [1.807, 2.05) is 0 Å². The van der Waals surface area contributed by atoms with Crippen molar-refractivity contribution in [2.24, 2.45) is 0 Å². The van der Waals surface area contributed by atoms with E-state index in [0.717, 1.165) is 0 Å². The zero-order valence-corrected chi connectivity index (χ0v) is 24.6. The van der Waals surface area contributed by atoms with Crippen molar-refractivity contribution >= 4 is 23.8 Å². The molecule has 222 valence electrons. The second-order valence-electron chi connectivity index (χ2n) is 11.9. The molecule has 2 heterocycles. The molecule has 0 N–H and O–H groups in total.